The molecule has 0 aliphatic rings. The van der Waals surface area contributed by atoms with Crippen LogP contribution in [0.2, 0.25) is 0 Å². The van der Waals surface area contributed by atoms with E-state index in [-0.39, 0.29) is 0 Å². The Labute approximate surface area is 554 Å². The lowest BCUT2D eigenvalue weighted by atomic mass is 9.95. The van der Waals surface area contributed by atoms with Crippen LogP contribution in [0.4, 0.5) is 0 Å². The van der Waals surface area contributed by atoms with Crippen molar-refractivity contribution in [3.8, 4) is 45.0 Å². The van der Waals surface area contributed by atoms with Gasteiger partial charge in [-0.05, 0) is 199 Å². The minimum absolute atomic E-state index is 0.485. The molecule has 0 unspecified atom stereocenters. The summed E-state index contributed by atoms with van der Waals surface area (Å²) in [7, 11) is 8.34. The highest BCUT2D eigenvalue weighted by molar-refractivity contribution is 6.13. The molecule has 0 saturated carbocycles. The summed E-state index contributed by atoms with van der Waals surface area (Å²) in [4.78, 5) is 17.6. The zero-order valence-corrected chi connectivity index (χ0v) is 57.9. The van der Waals surface area contributed by atoms with Crippen LogP contribution in [-0.4, -0.2) is 19.9 Å². The van der Waals surface area contributed by atoms with Crippen molar-refractivity contribution in [2.24, 2.45) is 28.2 Å². The third kappa shape index (κ3) is 11.3. The van der Waals surface area contributed by atoms with Gasteiger partial charge in [0.05, 0.1) is 22.3 Å². The highest BCUT2D eigenvalue weighted by Gasteiger charge is 2.28. The molecular formula is C83H82N8O4+4. The first-order valence-corrected chi connectivity index (χ1v) is 32.6. The number of aromatic nitrogens is 8. The molecule has 12 heteroatoms. The number of rotatable bonds is 5. The number of furan rings is 4. The van der Waals surface area contributed by atoms with Crippen molar-refractivity contribution in [2.75, 3.05) is 0 Å². The number of aryl methyl sites for hydroxylation is 16. The van der Waals surface area contributed by atoms with E-state index < -0.39 is 0 Å². The largest absolute Gasteiger partial charge is 0.437 e. The van der Waals surface area contributed by atoms with Crippen LogP contribution in [0.15, 0.2) is 183 Å². The van der Waals surface area contributed by atoms with Gasteiger partial charge in [-0.3, -0.25) is 0 Å². The molecule has 0 atom stereocenters. The normalized spacial score (nSPS) is 11.6. The molecule has 0 radical (unpaired) electrons. The first-order chi connectivity index (χ1) is 45.6. The van der Waals surface area contributed by atoms with Crippen LogP contribution in [0.5, 0.6) is 0 Å². The number of hydrogen-bond donors (Lipinski definition) is 0. The fourth-order valence-corrected chi connectivity index (χ4v) is 14.0. The van der Waals surface area contributed by atoms with Gasteiger partial charge in [0, 0.05) is 115 Å². The van der Waals surface area contributed by atoms with Crippen molar-refractivity contribution in [3.05, 3.63) is 237 Å². The predicted molar refractivity (Wildman–Crippen MR) is 383 cm³/mol. The lowest BCUT2D eigenvalue weighted by Crippen LogP contribution is -2.31. The van der Waals surface area contributed by atoms with Crippen LogP contribution in [0, 0.1) is 83.1 Å². The number of benzene rings is 4. The maximum atomic E-state index is 6.23. The minimum atomic E-state index is 0.485. The highest BCUT2D eigenvalue weighted by atomic mass is 16.4. The first kappa shape index (κ1) is 63.1. The van der Waals surface area contributed by atoms with Crippen LogP contribution >= 0.6 is 0 Å². The van der Waals surface area contributed by atoms with E-state index in [4.69, 9.17) is 17.7 Å². The molecule has 0 aliphatic heterocycles. The molecule has 0 saturated heterocycles. The molecule has 0 amide bonds. The van der Waals surface area contributed by atoms with E-state index in [0.717, 1.165) is 93.7 Å². The van der Waals surface area contributed by atoms with Gasteiger partial charge in [-0.2, -0.15) is 0 Å². The van der Waals surface area contributed by atoms with E-state index in [1.165, 1.54) is 89.1 Å². The molecule has 0 N–H and O–H groups in total. The summed E-state index contributed by atoms with van der Waals surface area (Å²) in [5, 5.41) is 8.92. The number of pyridine rings is 8. The second-order valence-corrected chi connectivity index (χ2v) is 26.3. The molecule has 0 bridgehead atoms. The fourth-order valence-electron chi connectivity index (χ4n) is 14.0. The number of nitrogens with zero attached hydrogens (tertiary/aromatic N) is 8. The van der Waals surface area contributed by atoms with E-state index in [2.05, 4.69) is 279 Å². The second kappa shape index (κ2) is 25.0. The standard InChI is InChI=1S/C22H23N2O.C21H21N2O.2C20H19N2O/c1-13(2)16-8-10-24(5)18(12-16)20-15(4)11-14(3)19-17-7-6-9-23-22(17)25-21(19)20;1-12-10-17(23(5)11-15(12)4)19-14(3)9-13(2)18-16-7-6-8-22-21(16)24-20(18)19;1-12-7-8-15-16-6-5-9-21-20(16)23-19(15)18(12)17-10-13(2)14(3)11-22(17)4;1-12-7-8-16(22(4)11-12)18-14(3)10-13(2)17-15-6-5-9-21-20(15)23-19(17)18/h6-13H,1-5H3;6-11H,1-5H3;2*5-11H,1-4H3/q4*+1. The van der Waals surface area contributed by atoms with E-state index in [1.807, 2.05) is 24.3 Å². The molecule has 16 aromatic rings. The molecule has 95 heavy (non-hydrogen) atoms. The Morgan fingerprint density at radius 1 is 0.305 bits per heavy atom. The van der Waals surface area contributed by atoms with Crippen molar-refractivity contribution in [3.63, 3.8) is 0 Å². The van der Waals surface area contributed by atoms with Crippen molar-refractivity contribution in [1.82, 2.24) is 19.9 Å². The molecule has 12 aromatic heterocycles. The summed E-state index contributed by atoms with van der Waals surface area (Å²) in [6.45, 7) is 30.1. The summed E-state index contributed by atoms with van der Waals surface area (Å²) in [6, 6.07) is 40.4. The Morgan fingerprint density at radius 3 is 1.12 bits per heavy atom. The van der Waals surface area contributed by atoms with Crippen LogP contribution in [-0.2, 0) is 28.2 Å². The smallest absolute Gasteiger partial charge is 0.227 e. The van der Waals surface area contributed by atoms with E-state index in [9.17, 15) is 0 Å². The summed E-state index contributed by atoms with van der Waals surface area (Å²) in [6.07, 6.45) is 15.7. The summed E-state index contributed by atoms with van der Waals surface area (Å²) in [5.41, 5.74) is 32.0. The summed E-state index contributed by atoms with van der Waals surface area (Å²) in [5.74, 6) is 0.485. The molecule has 12 heterocycles. The quantitative estimate of drug-likeness (QED) is 0.156. The maximum absolute atomic E-state index is 6.23. The van der Waals surface area contributed by atoms with Gasteiger partial charge in [-0.1, -0.05) is 44.2 Å². The third-order valence-corrected chi connectivity index (χ3v) is 19.0. The fraction of sp³-hybridized carbons (Fsp3) is 0.229. The first-order valence-electron chi connectivity index (χ1n) is 32.6. The summed E-state index contributed by atoms with van der Waals surface area (Å²) >= 11 is 0. The highest BCUT2D eigenvalue weighted by Crippen LogP contribution is 2.43. The average molecular weight is 1260 g/mol. The monoisotopic (exact) mass is 1250 g/mol. The Kier molecular flexibility index (Phi) is 16.6. The predicted octanol–water partition coefficient (Wildman–Crippen LogP) is 18.7. The summed E-state index contributed by atoms with van der Waals surface area (Å²) < 4.78 is 33.4. The molecule has 0 spiro atoms. The SMILES string of the molecule is Cc1cc(-c2c(C)cc(C)c3c2oc2ncccc23)[n+](C)cc1C.Cc1cc(-c2c(C)ccc3c2oc2ncccc23)[n+](C)cc1C.Cc1cc(C)c2c(oc3ncccc32)c1-c1cc(C(C)C)cc[n+]1C.Cc1ccc(-c2c(C)cc(C)c3c2oc2ncccc23)[n+](C)c1. The molecule has 0 fully saturated rings. The van der Waals surface area contributed by atoms with Crippen molar-refractivity contribution in [2.45, 2.75) is 103 Å². The Hall–Kier alpha value is -10.7. The minimum Gasteiger partial charge on any atom is -0.437 e. The topological polar surface area (TPSA) is 120 Å². The van der Waals surface area contributed by atoms with Gasteiger partial charge in [0.2, 0.25) is 45.6 Å². The molecule has 474 valence electrons. The van der Waals surface area contributed by atoms with Crippen molar-refractivity contribution < 1.29 is 35.9 Å². The maximum Gasteiger partial charge on any atom is 0.227 e. The molecule has 0 aliphatic carbocycles. The molecular weight excluding hydrogens is 1170 g/mol. The zero-order chi connectivity index (χ0) is 67.0. The van der Waals surface area contributed by atoms with Crippen molar-refractivity contribution in [1.29, 1.82) is 0 Å². The lowest BCUT2D eigenvalue weighted by Gasteiger charge is -2.10. The second-order valence-electron chi connectivity index (χ2n) is 26.3. The van der Waals surface area contributed by atoms with E-state index in [0.29, 0.717) is 28.8 Å². The van der Waals surface area contributed by atoms with Gasteiger partial charge in [0.15, 0.2) is 47.1 Å². The van der Waals surface area contributed by atoms with E-state index >= 15 is 0 Å². The van der Waals surface area contributed by atoms with Crippen LogP contribution in [0.1, 0.15) is 92.1 Å². The zero-order valence-electron chi connectivity index (χ0n) is 57.9. The molecule has 16 rings (SSSR count). The molecule has 4 aromatic carbocycles. The average Bonchev–Trinajstić information content (AvgIpc) is 1.66. The van der Waals surface area contributed by atoms with Crippen molar-refractivity contribution >= 4 is 88.3 Å². The van der Waals surface area contributed by atoms with Crippen LogP contribution in [0.25, 0.3) is 133 Å². The van der Waals surface area contributed by atoms with E-state index in [1.54, 1.807) is 24.8 Å². The Morgan fingerprint density at radius 2 is 0.684 bits per heavy atom. The molecule has 12 nitrogen and oxygen atoms in total. The van der Waals surface area contributed by atoms with Gasteiger partial charge in [0.25, 0.3) is 0 Å². The third-order valence-electron chi connectivity index (χ3n) is 19.0. The van der Waals surface area contributed by atoms with Crippen LogP contribution in [0.3, 0.4) is 0 Å². The van der Waals surface area contributed by atoms with Crippen LogP contribution < -0.4 is 18.3 Å². The van der Waals surface area contributed by atoms with Gasteiger partial charge in [-0.15, -0.1) is 0 Å². The Bertz CT molecular complexity index is 5740. The van der Waals surface area contributed by atoms with Gasteiger partial charge in [-0.25, -0.2) is 38.2 Å². The van der Waals surface area contributed by atoms with Gasteiger partial charge < -0.3 is 17.7 Å². The number of fused-ring (bicyclic) bond motifs is 12. The van der Waals surface area contributed by atoms with Gasteiger partial charge in [0.1, 0.15) is 28.2 Å². The van der Waals surface area contributed by atoms with Gasteiger partial charge >= 0.3 is 0 Å². The Balaban J connectivity index is 0.000000115. The number of hydrogen-bond acceptors (Lipinski definition) is 8. The lowest BCUT2D eigenvalue weighted by molar-refractivity contribution is -0.660.